The Balaban J connectivity index is 1.91. The van der Waals surface area contributed by atoms with Crippen LogP contribution in [-0.2, 0) is 19.1 Å². The minimum atomic E-state index is -0.886. The monoisotopic (exact) mass is 490 g/mol. The van der Waals surface area contributed by atoms with Gasteiger partial charge in [0, 0.05) is 20.3 Å². The van der Waals surface area contributed by atoms with Gasteiger partial charge in [-0.25, -0.2) is 5.43 Å². The number of hydrazone groups is 1. The molecule has 0 aliphatic carbocycles. The summed E-state index contributed by atoms with van der Waals surface area (Å²) in [5.74, 6) is -1.32. The summed E-state index contributed by atoms with van der Waals surface area (Å²) in [6.45, 7) is 2.71. The average Bonchev–Trinajstić information content (AvgIpc) is 2.82. The molecule has 2 aromatic rings. The smallest absolute Gasteiger partial charge is 0.329 e. The first-order chi connectivity index (χ1) is 16.4. The lowest BCUT2D eigenvalue weighted by Gasteiger charge is -2.13. The first kappa shape index (κ1) is 26.6. The van der Waals surface area contributed by atoms with E-state index in [-0.39, 0.29) is 12.5 Å². The molecule has 2 aromatic carbocycles. The molecule has 0 bridgehead atoms. The van der Waals surface area contributed by atoms with E-state index in [4.69, 9.17) is 25.8 Å². The van der Waals surface area contributed by atoms with Crippen molar-refractivity contribution in [2.75, 3.05) is 38.8 Å². The lowest BCUT2D eigenvalue weighted by molar-refractivity contribution is -0.139. The largest absolute Gasteiger partial charge is 0.490 e. The predicted molar refractivity (Wildman–Crippen MR) is 128 cm³/mol. The summed E-state index contributed by atoms with van der Waals surface area (Å²) in [7, 11) is 1.55. The molecule has 34 heavy (non-hydrogen) atoms. The standard InChI is InChI=1S/C23H27ClN4O6/c1-3-33-20-13-16(14-26-28-23(31)22(30)25-11-6-12-32-2)9-10-19(20)34-15-21(29)27-18-8-5-4-7-17(18)24/h4-5,7-10,13-14H,3,6,11-12,15H2,1-2H3,(H,25,30)(H,27,29)(H,28,31)/b26-14-. The van der Waals surface area contributed by atoms with Crippen LogP contribution in [0.2, 0.25) is 5.02 Å². The number of benzene rings is 2. The summed E-state index contributed by atoms with van der Waals surface area (Å²) in [6.07, 6.45) is 1.95. The molecule has 182 valence electrons. The third kappa shape index (κ3) is 9.08. The molecular weight excluding hydrogens is 464 g/mol. The van der Waals surface area contributed by atoms with Gasteiger partial charge in [0.1, 0.15) is 0 Å². The molecule has 0 heterocycles. The molecule has 0 aliphatic rings. The molecule has 0 spiro atoms. The molecule has 11 heteroatoms. The van der Waals surface area contributed by atoms with Gasteiger partial charge in [0.2, 0.25) is 0 Å². The van der Waals surface area contributed by atoms with E-state index in [0.29, 0.717) is 54.0 Å². The van der Waals surface area contributed by atoms with Crippen LogP contribution in [0, 0.1) is 0 Å². The summed E-state index contributed by atoms with van der Waals surface area (Å²) in [5, 5.41) is 9.34. The van der Waals surface area contributed by atoms with Gasteiger partial charge in [-0.2, -0.15) is 5.10 Å². The molecule has 0 aliphatic heterocycles. The normalized spacial score (nSPS) is 10.6. The summed E-state index contributed by atoms with van der Waals surface area (Å²) >= 11 is 6.04. The Morgan fingerprint density at radius 3 is 2.59 bits per heavy atom. The van der Waals surface area contributed by atoms with Crippen molar-refractivity contribution in [3.8, 4) is 11.5 Å². The van der Waals surface area contributed by atoms with E-state index < -0.39 is 11.8 Å². The predicted octanol–water partition coefficient (Wildman–Crippen LogP) is 2.36. The zero-order chi connectivity index (χ0) is 24.8. The second kappa shape index (κ2) is 14.5. The first-order valence-corrected chi connectivity index (χ1v) is 10.9. The minimum absolute atomic E-state index is 0.256. The van der Waals surface area contributed by atoms with Gasteiger partial charge in [0.25, 0.3) is 5.91 Å². The fourth-order valence-electron chi connectivity index (χ4n) is 2.60. The SMILES string of the molecule is CCOc1cc(/C=N\NC(=O)C(=O)NCCCOC)ccc1OCC(=O)Nc1ccccc1Cl. The minimum Gasteiger partial charge on any atom is -0.490 e. The van der Waals surface area contributed by atoms with Crippen molar-refractivity contribution in [2.45, 2.75) is 13.3 Å². The number of methoxy groups -OCH3 is 1. The Labute approximate surface area is 202 Å². The fraction of sp³-hybridized carbons (Fsp3) is 0.304. The number of carbonyl (C=O) groups excluding carboxylic acids is 3. The van der Waals surface area contributed by atoms with E-state index >= 15 is 0 Å². The average molecular weight is 491 g/mol. The van der Waals surface area contributed by atoms with E-state index in [2.05, 4.69) is 21.2 Å². The van der Waals surface area contributed by atoms with Gasteiger partial charge in [-0.3, -0.25) is 14.4 Å². The highest BCUT2D eigenvalue weighted by Crippen LogP contribution is 2.28. The van der Waals surface area contributed by atoms with Crippen LogP contribution in [0.25, 0.3) is 0 Å². The topological polar surface area (TPSA) is 127 Å². The molecule has 3 amide bonds. The molecule has 0 atom stereocenters. The number of ether oxygens (including phenoxy) is 3. The van der Waals surface area contributed by atoms with Gasteiger partial charge in [-0.15, -0.1) is 0 Å². The molecule has 0 radical (unpaired) electrons. The Hall–Kier alpha value is -3.63. The van der Waals surface area contributed by atoms with Gasteiger partial charge in [0.05, 0.1) is 23.5 Å². The van der Waals surface area contributed by atoms with Crippen LogP contribution >= 0.6 is 11.6 Å². The summed E-state index contributed by atoms with van der Waals surface area (Å²) < 4.78 is 16.0. The Bertz CT molecular complexity index is 1010. The van der Waals surface area contributed by atoms with E-state index in [1.165, 1.54) is 6.21 Å². The molecular formula is C23H27ClN4O6. The quantitative estimate of drug-likeness (QED) is 0.181. The zero-order valence-corrected chi connectivity index (χ0v) is 19.7. The Kier molecular flexibility index (Phi) is 11.4. The van der Waals surface area contributed by atoms with Crippen LogP contribution in [0.5, 0.6) is 11.5 Å². The maximum absolute atomic E-state index is 12.2. The van der Waals surface area contributed by atoms with Crippen molar-refractivity contribution in [3.05, 3.63) is 53.1 Å². The summed E-state index contributed by atoms with van der Waals surface area (Å²) in [6, 6.07) is 11.8. The van der Waals surface area contributed by atoms with Gasteiger partial charge in [0.15, 0.2) is 18.1 Å². The van der Waals surface area contributed by atoms with Gasteiger partial charge >= 0.3 is 11.8 Å². The third-order valence-electron chi connectivity index (χ3n) is 4.17. The molecule has 3 N–H and O–H groups in total. The number of rotatable bonds is 12. The highest BCUT2D eigenvalue weighted by atomic mass is 35.5. The second-order valence-electron chi connectivity index (χ2n) is 6.76. The Morgan fingerprint density at radius 1 is 1.06 bits per heavy atom. The van der Waals surface area contributed by atoms with E-state index in [1.54, 1.807) is 56.5 Å². The number of nitrogens with one attached hydrogen (secondary N) is 3. The van der Waals surface area contributed by atoms with Crippen molar-refractivity contribution < 1.29 is 28.6 Å². The maximum atomic E-state index is 12.2. The highest BCUT2D eigenvalue weighted by Gasteiger charge is 2.12. The maximum Gasteiger partial charge on any atom is 0.329 e. The molecule has 0 unspecified atom stereocenters. The van der Waals surface area contributed by atoms with Crippen molar-refractivity contribution in [1.29, 1.82) is 0 Å². The summed E-state index contributed by atoms with van der Waals surface area (Å²) in [4.78, 5) is 35.6. The molecule has 2 rings (SSSR count). The van der Waals surface area contributed by atoms with Crippen molar-refractivity contribution in [1.82, 2.24) is 10.7 Å². The second-order valence-corrected chi connectivity index (χ2v) is 7.16. The molecule has 0 saturated carbocycles. The number of para-hydroxylation sites is 1. The fourth-order valence-corrected chi connectivity index (χ4v) is 2.78. The van der Waals surface area contributed by atoms with Crippen LogP contribution in [0.3, 0.4) is 0 Å². The zero-order valence-electron chi connectivity index (χ0n) is 18.9. The number of hydrogen-bond acceptors (Lipinski definition) is 7. The van der Waals surface area contributed by atoms with Crippen molar-refractivity contribution in [3.63, 3.8) is 0 Å². The lowest BCUT2D eigenvalue weighted by Crippen LogP contribution is -2.38. The van der Waals surface area contributed by atoms with E-state index in [1.807, 2.05) is 0 Å². The molecule has 0 fully saturated rings. The number of nitrogens with zero attached hydrogens (tertiary/aromatic N) is 1. The van der Waals surface area contributed by atoms with Crippen LogP contribution < -0.4 is 25.5 Å². The lowest BCUT2D eigenvalue weighted by atomic mass is 10.2. The first-order valence-electron chi connectivity index (χ1n) is 10.5. The molecule has 10 nitrogen and oxygen atoms in total. The number of hydrogen-bond donors (Lipinski definition) is 3. The van der Waals surface area contributed by atoms with Crippen LogP contribution in [0.1, 0.15) is 18.9 Å². The van der Waals surface area contributed by atoms with Crippen LogP contribution in [0.15, 0.2) is 47.6 Å². The van der Waals surface area contributed by atoms with Crippen LogP contribution in [-0.4, -0.2) is 57.4 Å². The van der Waals surface area contributed by atoms with Gasteiger partial charge in [-0.1, -0.05) is 23.7 Å². The molecule has 0 aromatic heterocycles. The Morgan fingerprint density at radius 2 is 1.85 bits per heavy atom. The van der Waals surface area contributed by atoms with Crippen molar-refractivity contribution in [2.24, 2.45) is 5.10 Å². The van der Waals surface area contributed by atoms with Crippen LogP contribution in [0.4, 0.5) is 5.69 Å². The summed E-state index contributed by atoms with van der Waals surface area (Å²) in [5.41, 5.74) is 3.22. The van der Waals surface area contributed by atoms with Gasteiger partial charge < -0.3 is 24.8 Å². The third-order valence-corrected chi connectivity index (χ3v) is 4.50. The van der Waals surface area contributed by atoms with E-state index in [0.717, 1.165) is 0 Å². The number of halogens is 1. The van der Waals surface area contributed by atoms with Gasteiger partial charge in [-0.05, 0) is 49.2 Å². The van der Waals surface area contributed by atoms with E-state index in [9.17, 15) is 14.4 Å². The highest BCUT2D eigenvalue weighted by molar-refractivity contribution is 6.35. The number of carbonyl (C=O) groups is 3. The molecule has 0 saturated heterocycles. The van der Waals surface area contributed by atoms with Crippen molar-refractivity contribution >= 4 is 41.2 Å². The number of amides is 3. The number of anilines is 1.